The number of hydrogen-bond acceptors (Lipinski definition) is 4. The van der Waals surface area contributed by atoms with E-state index in [0.717, 1.165) is 19.3 Å². The number of rotatable bonds is 4. The van der Waals surface area contributed by atoms with Gasteiger partial charge in [-0.2, -0.15) is 4.31 Å². The molecule has 1 fully saturated rings. The van der Waals surface area contributed by atoms with Gasteiger partial charge in [-0.05, 0) is 18.3 Å². The lowest BCUT2D eigenvalue weighted by atomic mass is 10.0. The summed E-state index contributed by atoms with van der Waals surface area (Å²) in [6, 6.07) is -0.242. The maximum atomic E-state index is 12.5. The summed E-state index contributed by atoms with van der Waals surface area (Å²) in [5.74, 6) is -0.236. The van der Waals surface area contributed by atoms with Crippen LogP contribution in [0.1, 0.15) is 46.5 Å². The number of carbonyl (C=O) groups is 1. The second-order valence-corrected chi connectivity index (χ2v) is 8.28. The highest BCUT2D eigenvalue weighted by Gasteiger charge is 2.35. The summed E-state index contributed by atoms with van der Waals surface area (Å²) in [4.78, 5) is 11.4. The number of carbonyl (C=O) groups excluding carboxylic acids is 1. The van der Waals surface area contributed by atoms with Crippen molar-refractivity contribution in [1.82, 2.24) is 4.31 Å². The van der Waals surface area contributed by atoms with Crippen molar-refractivity contribution in [3.8, 4) is 0 Å². The van der Waals surface area contributed by atoms with Crippen LogP contribution in [-0.4, -0.2) is 44.1 Å². The van der Waals surface area contributed by atoms with Crippen LogP contribution in [0.2, 0.25) is 0 Å². The van der Waals surface area contributed by atoms with Gasteiger partial charge in [-0.3, -0.25) is 4.79 Å². The Hall–Kier alpha value is -0.620. The largest absolute Gasteiger partial charge is 0.469 e. The van der Waals surface area contributed by atoms with Gasteiger partial charge in [0, 0.05) is 12.6 Å². The van der Waals surface area contributed by atoms with E-state index >= 15 is 0 Å². The minimum atomic E-state index is -3.32. The average molecular weight is 291 g/mol. The van der Waals surface area contributed by atoms with Gasteiger partial charge in [0.25, 0.3) is 0 Å². The maximum absolute atomic E-state index is 12.5. The van der Waals surface area contributed by atoms with E-state index in [1.54, 1.807) is 0 Å². The summed E-state index contributed by atoms with van der Waals surface area (Å²) in [6.45, 7) is 6.23. The molecular formula is C13H25NO4S. The lowest BCUT2D eigenvalue weighted by Gasteiger charge is -2.35. The van der Waals surface area contributed by atoms with Crippen molar-refractivity contribution < 1.29 is 17.9 Å². The fourth-order valence-corrected chi connectivity index (χ4v) is 4.75. The van der Waals surface area contributed by atoms with E-state index in [-0.39, 0.29) is 29.6 Å². The first-order valence-electron chi connectivity index (χ1n) is 6.72. The zero-order chi connectivity index (χ0) is 14.7. The molecule has 0 aliphatic carbocycles. The molecule has 0 aromatic rings. The molecule has 1 unspecified atom stereocenters. The third-order valence-electron chi connectivity index (χ3n) is 3.18. The topological polar surface area (TPSA) is 63.7 Å². The van der Waals surface area contributed by atoms with Crippen molar-refractivity contribution in [2.45, 2.75) is 52.5 Å². The second-order valence-electron chi connectivity index (χ2n) is 6.36. The third-order valence-corrected chi connectivity index (χ3v) is 5.60. The first kappa shape index (κ1) is 16.4. The van der Waals surface area contributed by atoms with E-state index in [4.69, 9.17) is 0 Å². The molecule has 0 radical (unpaired) electrons. The van der Waals surface area contributed by atoms with Gasteiger partial charge in [0.15, 0.2) is 0 Å². The van der Waals surface area contributed by atoms with Crippen molar-refractivity contribution >= 4 is 16.0 Å². The molecule has 0 spiro atoms. The smallest absolute Gasteiger partial charge is 0.307 e. The Morgan fingerprint density at radius 3 is 2.47 bits per heavy atom. The number of piperidine rings is 1. The molecule has 1 atom stereocenters. The number of ether oxygens (including phenoxy) is 1. The highest BCUT2D eigenvalue weighted by Crippen LogP contribution is 2.27. The number of hydrogen-bond donors (Lipinski definition) is 0. The SMILES string of the molecule is COC(=O)CC1CCCCN1S(=O)(=O)CC(C)(C)C. The molecule has 112 valence electrons. The van der Waals surface area contributed by atoms with Crippen LogP contribution in [0, 0.1) is 5.41 Å². The average Bonchev–Trinajstić information content (AvgIpc) is 2.26. The standard InChI is InChI=1S/C13H25NO4S/c1-13(2,3)10-19(16,17)14-8-6-5-7-11(14)9-12(15)18-4/h11H,5-10H2,1-4H3. The lowest BCUT2D eigenvalue weighted by molar-refractivity contribution is -0.141. The van der Waals surface area contributed by atoms with Crippen molar-refractivity contribution in [3.63, 3.8) is 0 Å². The van der Waals surface area contributed by atoms with Crippen LogP contribution in [0.15, 0.2) is 0 Å². The fourth-order valence-electron chi connectivity index (χ4n) is 2.45. The molecule has 1 aliphatic rings. The van der Waals surface area contributed by atoms with E-state index in [1.807, 2.05) is 20.8 Å². The summed E-state index contributed by atoms with van der Waals surface area (Å²) in [5, 5.41) is 0. The van der Waals surface area contributed by atoms with Gasteiger partial charge in [-0.25, -0.2) is 8.42 Å². The summed E-state index contributed by atoms with van der Waals surface area (Å²) < 4.78 is 31.1. The van der Waals surface area contributed by atoms with Crippen LogP contribution in [-0.2, 0) is 19.6 Å². The highest BCUT2D eigenvalue weighted by molar-refractivity contribution is 7.89. The van der Waals surface area contributed by atoms with Crippen LogP contribution >= 0.6 is 0 Å². The number of nitrogens with zero attached hydrogens (tertiary/aromatic N) is 1. The Labute approximate surface area is 116 Å². The fraction of sp³-hybridized carbons (Fsp3) is 0.923. The summed E-state index contributed by atoms with van der Waals surface area (Å²) in [6.07, 6.45) is 2.71. The molecule has 0 aromatic carbocycles. The van der Waals surface area contributed by atoms with Crippen molar-refractivity contribution in [3.05, 3.63) is 0 Å². The van der Waals surface area contributed by atoms with Crippen LogP contribution in [0.25, 0.3) is 0 Å². The van der Waals surface area contributed by atoms with Crippen molar-refractivity contribution in [1.29, 1.82) is 0 Å². The van der Waals surface area contributed by atoms with Gasteiger partial charge in [0.2, 0.25) is 10.0 Å². The van der Waals surface area contributed by atoms with Crippen LogP contribution in [0.5, 0.6) is 0 Å². The quantitative estimate of drug-likeness (QED) is 0.741. The van der Waals surface area contributed by atoms with Gasteiger partial charge in [0.05, 0.1) is 19.3 Å². The molecule has 0 saturated carbocycles. The van der Waals surface area contributed by atoms with Gasteiger partial charge in [-0.15, -0.1) is 0 Å². The molecule has 1 saturated heterocycles. The first-order valence-corrected chi connectivity index (χ1v) is 8.33. The molecule has 5 nitrogen and oxygen atoms in total. The van der Waals surface area contributed by atoms with Crippen molar-refractivity contribution in [2.24, 2.45) is 5.41 Å². The van der Waals surface area contributed by atoms with Crippen LogP contribution in [0.3, 0.4) is 0 Å². The van der Waals surface area contributed by atoms with Crippen LogP contribution < -0.4 is 0 Å². The second kappa shape index (κ2) is 6.22. The molecule has 1 heterocycles. The zero-order valence-electron chi connectivity index (χ0n) is 12.3. The van der Waals surface area contributed by atoms with Crippen molar-refractivity contribution in [2.75, 3.05) is 19.4 Å². The van der Waals surface area contributed by atoms with E-state index in [1.165, 1.54) is 11.4 Å². The minimum Gasteiger partial charge on any atom is -0.469 e. The Balaban J connectivity index is 2.84. The number of esters is 1. The van der Waals surface area contributed by atoms with E-state index in [2.05, 4.69) is 4.74 Å². The third kappa shape index (κ3) is 5.10. The molecular weight excluding hydrogens is 266 g/mol. The summed E-state index contributed by atoms with van der Waals surface area (Å²) >= 11 is 0. The molecule has 0 amide bonds. The highest BCUT2D eigenvalue weighted by atomic mass is 32.2. The predicted molar refractivity (Wildman–Crippen MR) is 74.2 cm³/mol. The predicted octanol–water partition coefficient (Wildman–Crippen LogP) is 1.78. The normalized spacial score (nSPS) is 22.2. The summed E-state index contributed by atoms with van der Waals surface area (Å²) in [7, 11) is -1.99. The molecule has 0 bridgehead atoms. The monoisotopic (exact) mass is 291 g/mol. The van der Waals surface area contributed by atoms with Gasteiger partial charge in [-0.1, -0.05) is 27.2 Å². The number of methoxy groups -OCH3 is 1. The summed E-state index contributed by atoms with van der Waals surface area (Å²) in [5.41, 5.74) is -0.286. The van der Waals surface area contributed by atoms with Gasteiger partial charge in [0.1, 0.15) is 0 Å². The first-order chi connectivity index (χ1) is 8.65. The zero-order valence-corrected chi connectivity index (χ0v) is 13.1. The van der Waals surface area contributed by atoms with E-state index in [0.29, 0.717) is 6.54 Å². The molecule has 0 aromatic heterocycles. The Kier molecular flexibility index (Phi) is 5.38. The molecule has 1 rings (SSSR count). The van der Waals surface area contributed by atoms with E-state index in [9.17, 15) is 13.2 Å². The van der Waals surface area contributed by atoms with E-state index < -0.39 is 10.0 Å². The lowest BCUT2D eigenvalue weighted by Crippen LogP contribution is -2.47. The molecule has 1 aliphatic heterocycles. The molecule has 0 N–H and O–H groups in total. The van der Waals surface area contributed by atoms with Crippen LogP contribution in [0.4, 0.5) is 0 Å². The maximum Gasteiger partial charge on any atom is 0.307 e. The van der Waals surface area contributed by atoms with Gasteiger partial charge < -0.3 is 4.74 Å². The molecule has 19 heavy (non-hydrogen) atoms. The molecule has 6 heteroatoms. The number of sulfonamides is 1. The minimum absolute atomic E-state index is 0.109. The Bertz CT molecular complexity index is 411. The Morgan fingerprint density at radius 2 is 1.95 bits per heavy atom. The Morgan fingerprint density at radius 1 is 1.32 bits per heavy atom. The van der Waals surface area contributed by atoms with Gasteiger partial charge >= 0.3 is 5.97 Å².